The highest BCUT2D eigenvalue weighted by atomic mass is 19.4. The maximum Gasteiger partial charge on any atom is 0.416 e. The topological polar surface area (TPSA) is 45.1 Å². The third-order valence-corrected chi connectivity index (χ3v) is 5.94. The summed E-state index contributed by atoms with van der Waals surface area (Å²) in [6, 6.07) is 12.2. The number of para-hydroxylation sites is 1. The van der Waals surface area contributed by atoms with Gasteiger partial charge in [-0.1, -0.05) is 24.3 Å². The number of alkyl halides is 3. The number of rotatable bonds is 3. The van der Waals surface area contributed by atoms with Crippen LogP contribution in [-0.2, 0) is 15.8 Å². The maximum absolute atomic E-state index is 13.0. The quantitative estimate of drug-likeness (QED) is 0.777. The summed E-state index contributed by atoms with van der Waals surface area (Å²) in [5.41, 5.74) is 1.35. The van der Waals surface area contributed by atoms with E-state index in [1.165, 1.54) is 11.0 Å². The van der Waals surface area contributed by atoms with Crippen LogP contribution >= 0.6 is 0 Å². The van der Waals surface area contributed by atoms with Gasteiger partial charge in [0.2, 0.25) is 5.91 Å². The lowest BCUT2D eigenvalue weighted by atomic mass is 10.1. The van der Waals surface area contributed by atoms with E-state index in [4.69, 9.17) is 0 Å². The largest absolute Gasteiger partial charge is 0.416 e. The van der Waals surface area contributed by atoms with Crippen molar-refractivity contribution in [2.24, 2.45) is 0 Å². The van der Waals surface area contributed by atoms with Crippen molar-refractivity contribution < 1.29 is 27.7 Å². The highest BCUT2D eigenvalue weighted by molar-refractivity contribution is 6.22. The number of nitrogens with zero attached hydrogens (tertiary/aromatic N) is 2. The van der Waals surface area contributed by atoms with Crippen LogP contribution in [-0.4, -0.2) is 44.0 Å². The Morgan fingerprint density at radius 1 is 1.00 bits per heavy atom. The van der Waals surface area contributed by atoms with Gasteiger partial charge in [0.15, 0.2) is 6.04 Å². The van der Waals surface area contributed by atoms with E-state index >= 15 is 0 Å². The van der Waals surface area contributed by atoms with Crippen LogP contribution in [0.15, 0.2) is 48.5 Å². The first-order chi connectivity index (χ1) is 14.3. The van der Waals surface area contributed by atoms with E-state index in [0.29, 0.717) is 37.6 Å². The normalized spacial score (nSPS) is 20.9. The van der Waals surface area contributed by atoms with Crippen LogP contribution in [0.4, 0.5) is 24.5 Å². The number of aryl methyl sites for hydroxylation is 1. The average Bonchev–Trinajstić information content (AvgIpc) is 3.02. The van der Waals surface area contributed by atoms with E-state index in [9.17, 15) is 22.8 Å². The van der Waals surface area contributed by atoms with E-state index in [0.717, 1.165) is 22.6 Å². The number of anilines is 2. The lowest BCUT2D eigenvalue weighted by molar-refractivity contribution is -0.915. The first-order valence-corrected chi connectivity index (χ1v) is 9.95. The van der Waals surface area contributed by atoms with Gasteiger partial charge in [-0.3, -0.25) is 9.59 Å². The molecule has 1 N–H and O–H groups in total. The fraction of sp³-hybridized carbons (Fsp3) is 0.364. The van der Waals surface area contributed by atoms with Crippen LogP contribution in [0, 0.1) is 6.92 Å². The predicted molar refractivity (Wildman–Crippen MR) is 106 cm³/mol. The molecule has 2 saturated heterocycles. The van der Waals surface area contributed by atoms with Crippen LogP contribution in [0.1, 0.15) is 17.5 Å². The van der Waals surface area contributed by atoms with E-state index in [1.807, 2.05) is 24.0 Å². The second-order valence-corrected chi connectivity index (χ2v) is 7.80. The molecule has 158 valence electrons. The number of benzene rings is 2. The minimum atomic E-state index is -4.38. The van der Waals surface area contributed by atoms with E-state index < -0.39 is 17.8 Å². The second kappa shape index (κ2) is 7.75. The molecule has 5 nitrogen and oxygen atoms in total. The monoisotopic (exact) mass is 418 g/mol. The summed E-state index contributed by atoms with van der Waals surface area (Å²) >= 11 is 0. The zero-order chi connectivity index (χ0) is 21.5. The summed E-state index contributed by atoms with van der Waals surface area (Å²) < 4.78 is 39.0. The molecule has 2 aliphatic heterocycles. The lowest BCUT2D eigenvalue weighted by Gasteiger charge is -2.35. The van der Waals surface area contributed by atoms with Gasteiger partial charge in [0.1, 0.15) is 0 Å². The molecule has 0 saturated carbocycles. The Kier molecular flexibility index (Phi) is 5.27. The number of imide groups is 1. The fourth-order valence-corrected chi connectivity index (χ4v) is 4.30. The zero-order valence-electron chi connectivity index (χ0n) is 16.6. The fourth-order valence-electron chi connectivity index (χ4n) is 4.30. The molecule has 2 fully saturated rings. The molecule has 2 aromatic rings. The molecule has 0 aliphatic carbocycles. The number of carbonyl (C=O) groups excluding carboxylic acids is 2. The molecule has 0 unspecified atom stereocenters. The number of halogens is 3. The van der Waals surface area contributed by atoms with Crippen molar-refractivity contribution >= 4 is 23.2 Å². The number of piperazine rings is 1. The van der Waals surface area contributed by atoms with Gasteiger partial charge in [0.05, 0.1) is 43.9 Å². The molecule has 2 heterocycles. The summed E-state index contributed by atoms with van der Waals surface area (Å²) in [6.07, 6.45) is -4.22. The number of hydrogen-bond acceptors (Lipinski definition) is 3. The molecule has 4 rings (SSSR count). The smallest absolute Gasteiger partial charge is 0.360 e. The van der Waals surface area contributed by atoms with Gasteiger partial charge >= 0.3 is 6.18 Å². The summed E-state index contributed by atoms with van der Waals surface area (Å²) in [5, 5.41) is 0. The molecule has 8 heteroatoms. The van der Waals surface area contributed by atoms with Gasteiger partial charge in [0, 0.05) is 5.69 Å². The zero-order valence-corrected chi connectivity index (χ0v) is 16.6. The number of amides is 2. The van der Waals surface area contributed by atoms with Gasteiger partial charge in [0.25, 0.3) is 5.91 Å². The van der Waals surface area contributed by atoms with E-state index in [-0.39, 0.29) is 18.2 Å². The summed E-state index contributed by atoms with van der Waals surface area (Å²) in [7, 11) is 0. The maximum atomic E-state index is 13.0. The van der Waals surface area contributed by atoms with Crippen molar-refractivity contribution in [1.82, 2.24) is 0 Å². The first-order valence-electron chi connectivity index (χ1n) is 9.95. The molecule has 2 aliphatic rings. The third-order valence-electron chi connectivity index (χ3n) is 5.94. The van der Waals surface area contributed by atoms with Crippen LogP contribution < -0.4 is 14.7 Å². The lowest BCUT2D eigenvalue weighted by Crippen LogP contribution is -3.19. The van der Waals surface area contributed by atoms with Crippen LogP contribution in [0.25, 0.3) is 0 Å². The molecule has 2 amide bonds. The molecule has 0 aromatic heterocycles. The molecular weight excluding hydrogens is 395 g/mol. The molecule has 0 bridgehead atoms. The minimum Gasteiger partial charge on any atom is -0.360 e. The average molecular weight is 418 g/mol. The van der Waals surface area contributed by atoms with Crippen LogP contribution in [0.3, 0.4) is 0 Å². The standard InChI is InChI=1S/C22H22F3N3O2/c1-15-5-2-3-8-18(15)28-20(29)14-19(21(28)30)27-11-9-26(10-12-27)17-7-4-6-16(13-17)22(23,24)25/h2-8,13,19H,9-12,14H2,1H3/p+1/t19-/m1/s1. The van der Waals surface area contributed by atoms with Crippen molar-refractivity contribution in [3.8, 4) is 0 Å². The molecule has 1 atom stereocenters. The SMILES string of the molecule is Cc1ccccc1N1C(=O)C[C@@H]([NH+]2CCN(c3cccc(C(F)(F)F)c3)CC2)C1=O. The highest BCUT2D eigenvalue weighted by Crippen LogP contribution is 2.31. The molecular formula is C22H23F3N3O2+. The van der Waals surface area contributed by atoms with E-state index in [1.54, 1.807) is 18.2 Å². The van der Waals surface area contributed by atoms with Gasteiger partial charge in [-0.05, 0) is 36.8 Å². The van der Waals surface area contributed by atoms with Gasteiger partial charge in [-0.2, -0.15) is 13.2 Å². The van der Waals surface area contributed by atoms with Gasteiger partial charge in [-0.15, -0.1) is 0 Å². The molecule has 0 spiro atoms. The van der Waals surface area contributed by atoms with Gasteiger partial charge < -0.3 is 9.80 Å². The third kappa shape index (κ3) is 3.79. The van der Waals surface area contributed by atoms with Crippen molar-refractivity contribution in [3.63, 3.8) is 0 Å². The Hall–Kier alpha value is -2.87. The Balaban J connectivity index is 1.44. The number of carbonyl (C=O) groups is 2. The van der Waals surface area contributed by atoms with Crippen molar-refractivity contribution in [2.45, 2.75) is 25.6 Å². The predicted octanol–water partition coefficient (Wildman–Crippen LogP) is 2.05. The Bertz CT molecular complexity index is 968. The number of hydrogen-bond donors (Lipinski definition) is 1. The van der Waals surface area contributed by atoms with Crippen molar-refractivity contribution in [3.05, 3.63) is 59.7 Å². The summed E-state index contributed by atoms with van der Waals surface area (Å²) in [4.78, 5) is 29.8. The molecule has 2 aromatic carbocycles. The molecule has 0 radical (unpaired) electrons. The van der Waals surface area contributed by atoms with Crippen molar-refractivity contribution in [2.75, 3.05) is 36.0 Å². The van der Waals surface area contributed by atoms with Crippen LogP contribution in [0.2, 0.25) is 0 Å². The van der Waals surface area contributed by atoms with Crippen molar-refractivity contribution in [1.29, 1.82) is 0 Å². The number of nitrogens with one attached hydrogen (secondary N) is 1. The Morgan fingerprint density at radius 2 is 1.70 bits per heavy atom. The van der Waals surface area contributed by atoms with Crippen LogP contribution in [0.5, 0.6) is 0 Å². The Morgan fingerprint density at radius 3 is 2.37 bits per heavy atom. The van der Waals surface area contributed by atoms with E-state index in [2.05, 4.69) is 0 Å². The minimum absolute atomic E-state index is 0.159. The second-order valence-electron chi connectivity index (χ2n) is 7.80. The number of quaternary nitrogens is 1. The Labute approximate surface area is 172 Å². The van der Waals surface area contributed by atoms with Gasteiger partial charge in [-0.25, -0.2) is 4.90 Å². The molecule has 30 heavy (non-hydrogen) atoms. The highest BCUT2D eigenvalue weighted by Gasteiger charge is 2.46. The summed E-state index contributed by atoms with van der Waals surface area (Å²) in [6.45, 7) is 4.09. The summed E-state index contributed by atoms with van der Waals surface area (Å²) in [5.74, 6) is -0.399. The first kappa shape index (κ1) is 20.4.